The second-order valence-electron chi connectivity index (χ2n) is 4.63. The number of nitro groups is 1. The lowest BCUT2D eigenvalue weighted by Crippen LogP contribution is -2.19. The molecule has 1 heterocycles. The predicted octanol–water partition coefficient (Wildman–Crippen LogP) is 2.59. The maximum Gasteiger partial charge on any atom is 0.316 e. The Bertz CT molecular complexity index is 533. The number of nitrogens with zero attached hydrogens (tertiary/aromatic N) is 1. The molecule has 1 unspecified atom stereocenters. The van der Waals surface area contributed by atoms with Crippen molar-refractivity contribution in [3.05, 3.63) is 27.8 Å². The second kappa shape index (κ2) is 6.56. The summed E-state index contributed by atoms with van der Waals surface area (Å²) in [5.74, 6) is 0.264. The number of Topliss-reactive ketones (excluding diaryl/α,β-unsaturated/α-hetero) is 1. The molecule has 0 aromatic heterocycles. The first kappa shape index (κ1) is 16.2. The Morgan fingerprint density at radius 1 is 1.50 bits per heavy atom. The Kier molecular flexibility index (Phi) is 5.33. The number of nitro benzene ring substituents is 1. The van der Waals surface area contributed by atoms with Crippen molar-refractivity contribution < 1.29 is 14.5 Å². The zero-order valence-electron chi connectivity index (χ0n) is 11.3. The summed E-state index contributed by atoms with van der Waals surface area (Å²) in [6.45, 7) is 2.07. The van der Waals surface area contributed by atoms with Crippen molar-refractivity contribution in [3.8, 4) is 5.75 Å². The van der Waals surface area contributed by atoms with Crippen LogP contribution in [0.1, 0.15) is 18.9 Å². The highest BCUT2D eigenvalue weighted by Gasteiger charge is 2.28. The van der Waals surface area contributed by atoms with Crippen molar-refractivity contribution in [2.24, 2.45) is 5.92 Å². The van der Waals surface area contributed by atoms with Crippen LogP contribution in [-0.4, -0.2) is 24.4 Å². The highest BCUT2D eigenvalue weighted by atomic mass is 35.5. The van der Waals surface area contributed by atoms with Crippen molar-refractivity contribution in [1.29, 1.82) is 0 Å². The van der Waals surface area contributed by atoms with Crippen LogP contribution in [0.2, 0.25) is 0 Å². The van der Waals surface area contributed by atoms with Crippen LogP contribution >= 0.6 is 12.4 Å². The summed E-state index contributed by atoms with van der Waals surface area (Å²) in [5, 5.41) is 14.3. The van der Waals surface area contributed by atoms with Gasteiger partial charge in [-0.3, -0.25) is 14.9 Å². The molecule has 1 aromatic carbocycles. The number of halogens is 1. The molecule has 7 heteroatoms. The zero-order chi connectivity index (χ0) is 14.0. The van der Waals surface area contributed by atoms with Gasteiger partial charge in [0.2, 0.25) is 0 Å². The molecule has 0 amide bonds. The Morgan fingerprint density at radius 2 is 2.20 bits per heavy atom. The number of fused-ring (bicyclic) bond motifs is 1. The number of anilines is 1. The third-order valence-electron chi connectivity index (χ3n) is 3.50. The van der Waals surface area contributed by atoms with Crippen molar-refractivity contribution in [2.45, 2.75) is 19.8 Å². The zero-order valence-corrected chi connectivity index (χ0v) is 12.2. The number of hydrogen-bond donors (Lipinski definition) is 1. The van der Waals surface area contributed by atoms with E-state index in [0.29, 0.717) is 24.9 Å². The smallest absolute Gasteiger partial charge is 0.316 e. The molecule has 1 N–H and O–H groups in total. The normalized spacial score (nSPS) is 17.0. The number of rotatable bonds is 3. The Hall–Kier alpha value is -1.82. The Labute approximate surface area is 123 Å². The quantitative estimate of drug-likeness (QED) is 0.685. The van der Waals surface area contributed by atoms with Gasteiger partial charge < -0.3 is 10.1 Å². The number of methoxy groups -OCH3 is 1. The summed E-state index contributed by atoms with van der Waals surface area (Å²) >= 11 is 0. The van der Waals surface area contributed by atoms with Gasteiger partial charge in [-0.1, -0.05) is 0 Å². The molecule has 1 aliphatic rings. The van der Waals surface area contributed by atoms with E-state index in [1.54, 1.807) is 19.1 Å². The van der Waals surface area contributed by atoms with Crippen LogP contribution in [-0.2, 0) is 11.2 Å². The van der Waals surface area contributed by atoms with Gasteiger partial charge in [-0.2, -0.15) is 0 Å². The number of benzene rings is 1. The molecule has 1 aromatic rings. The topological polar surface area (TPSA) is 81.5 Å². The van der Waals surface area contributed by atoms with E-state index >= 15 is 0 Å². The largest absolute Gasteiger partial charge is 0.490 e. The van der Waals surface area contributed by atoms with E-state index in [4.69, 9.17) is 4.74 Å². The predicted molar refractivity (Wildman–Crippen MR) is 77.9 cm³/mol. The fourth-order valence-corrected chi connectivity index (χ4v) is 2.40. The molecule has 1 atom stereocenters. The van der Waals surface area contributed by atoms with Gasteiger partial charge in [0.1, 0.15) is 5.78 Å². The van der Waals surface area contributed by atoms with Crippen LogP contribution in [0.25, 0.3) is 0 Å². The number of carbonyl (C=O) groups excluding carboxylic acids is 1. The minimum atomic E-state index is -0.423. The molecule has 0 fully saturated rings. The van der Waals surface area contributed by atoms with Gasteiger partial charge in [-0.05, 0) is 31.9 Å². The molecule has 0 aliphatic carbocycles. The highest BCUT2D eigenvalue weighted by molar-refractivity contribution is 5.85. The number of hydrogen-bond acceptors (Lipinski definition) is 5. The van der Waals surface area contributed by atoms with Gasteiger partial charge in [-0.15, -0.1) is 12.4 Å². The van der Waals surface area contributed by atoms with Crippen LogP contribution in [0.3, 0.4) is 0 Å². The molecule has 20 heavy (non-hydrogen) atoms. The maximum absolute atomic E-state index is 11.4. The SMILES string of the molecule is COc1ccc2c(c1[N+](=O)[O-])CCC(C(C)=O)CN2.Cl. The average Bonchev–Trinajstić information content (AvgIpc) is 2.59. The summed E-state index contributed by atoms with van der Waals surface area (Å²) in [4.78, 5) is 22.2. The van der Waals surface area contributed by atoms with E-state index in [1.807, 2.05) is 0 Å². The fraction of sp³-hybridized carbons (Fsp3) is 0.462. The minimum absolute atomic E-state index is 0. The summed E-state index contributed by atoms with van der Waals surface area (Å²) in [6.07, 6.45) is 1.11. The summed E-state index contributed by atoms with van der Waals surface area (Å²) in [5.41, 5.74) is 1.33. The standard InChI is InChI=1S/C13H16N2O4.ClH/c1-8(16)9-3-4-10-11(14-7-9)5-6-12(19-2)13(10)15(17)18;/h5-6,9,14H,3-4,7H2,1-2H3;1H. The molecule has 2 rings (SSSR count). The van der Waals surface area contributed by atoms with E-state index in [2.05, 4.69) is 5.32 Å². The van der Waals surface area contributed by atoms with Gasteiger partial charge in [-0.25, -0.2) is 0 Å². The fourth-order valence-electron chi connectivity index (χ4n) is 2.40. The summed E-state index contributed by atoms with van der Waals surface area (Å²) in [6, 6.07) is 3.35. The van der Waals surface area contributed by atoms with Crippen molar-refractivity contribution in [2.75, 3.05) is 19.0 Å². The minimum Gasteiger partial charge on any atom is -0.490 e. The van der Waals surface area contributed by atoms with Crippen LogP contribution in [0.15, 0.2) is 12.1 Å². The van der Waals surface area contributed by atoms with Gasteiger partial charge in [0.15, 0.2) is 5.75 Å². The number of carbonyl (C=O) groups is 1. The van der Waals surface area contributed by atoms with Crippen molar-refractivity contribution in [1.82, 2.24) is 0 Å². The monoisotopic (exact) mass is 300 g/mol. The Morgan fingerprint density at radius 3 is 2.75 bits per heavy atom. The van der Waals surface area contributed by atoms with E-state index in [-0.39, 0.29) is 35.5 Å². The van der Waals surface area contributed by atoms with E-state index in [0.717, 1.165) is 5.69 Å². The number of ether oxygens (including phenoxy) is 1. The van der Waals surface area contributed by atoms with Crippen LogP contribution in [0.4, 0.5) is 11.4 Å². The van der Waals surface area contributed by atoms with Gasteiger partial charge >= 0.3 is 5.69 Å². The highest BCUT2D eigenvalue weighted by Crippen LogP contribution is 2.38. The third kappa shape index (κ3) is 3.01. The molecule has 0 saturated carbocycles. The number of nitrogens with one attached hydrogen (secondary N) is 1. The molecular formula is C13H17ClN2O4. The van der Waals surface area contributed by atoms with Gasteiger partial charge in [0.05, 0.1) is 17.6 Å². The molecule has 110 valence electrons. The first-order chi connectivity index (χ1) is 9.04. The summed E-state index contributed by atoms with van der Waals surface area (Å²) < 4.78 is 5.05. The van der Waals surface area contributed by atoms with Crippen molar-refractivity contribution in [3.63, 3.8) is 0 Å². The first-order valence-electron chi connectivity index (χ1n) is 6.13. The molecule has 6 nitrogen and oxygen atoms in total. The van der Waals surface area contributed by atoms with Crippen LogP contribution in [0.5, 0.6) is 5.75 Å². The molecule has 0 saturated heterocycles. The Balaban J connectivity index is 0.00000200. The van der Waals surface area contributed by atoms with Gasteiger partial charge in [0.25, 0.3) is 0 Å². The van der Waals surface area contributed by atoms with Crippen LogP contribution < -0.4 is 10.1 Å². The molecule has 1 aliphatic heterocycles. The molecule has 0 radical (unpaired) electrons. The second-order valence-corrected chi connectivity index (χ2v) is 4.63. The molecular weight excluding hydrogens is 284 g/mol. The third-order valence-corrected chi connectivity index (χ3v) is 3.50. The van der Waals surface area contributed by atoms with Gasteiger partial charge in [0, 0.05) is 18.2 Å². The van der Waals surface area contributed by atoms with E-state index in [9.17, 15) is 14.9 Å². The van der Waals surface area contributed by atoms with E-state index < -0.39 is 4.92 Å². The van der Waals surface area contributed by atoms with E-state index in [1.165, 1.54) is 7.11 Å². The maximum atomic E-state index is 11.4. The lowest BCUT2D eigenvalue weighted by Gasteiger charge is -2.11. The van der Waals surface area contributed by atoms with Crippen molar-refractivity contribution >= 4 is 29.6 Å². The lowest BCUT2D eigenvalue weighted by atomic mass is 9.97. The molecule has 0 bridgehead atoms. The average molecular weight is 301 g/mol. The first-order valence-corrected chi connectivity index (χ1v) is 6.13. The summed E-state index contributed by atoms with van der Waals surface area (Å²) in [7, 11) is 1.41. The lowest BCUT2D eigenvalue weighted by molar-refractivity contribution is -0.386. The molecule has 0 spiro atoms. The van der Waals surface area contributed by atoms with Crippen LogP contribution in [0, 0.1) is 16.0 Å². The number of ketones is 1.